The molecule has 3 N–H and O–H groups in total. The molecule has 28 heavy (non-hydrogen) atoms. The van der Waals surface area contributed by atoms with Crippen LogP contribution in [-0.4, -0.2) is 54.6 Å². The summed E-state index contributed by atoms with van der Waals surface area (Å²) in [5, 5.41) is 18.0. The lowest BCUT2D eigenvalue weighted by Gasteiger charge is -2.16. The summed E-state index contributed by atoms with van der Waals surface area (Å²) >= 11 is 1.60. The number of thiophene rings is 1. The fraction of sp³-hybridized carbons (Fsp3) is 0.500. The van der Waals surface area contributed by atoms with Crippen molar-refractivity contribution in [2.24, 2.45) is 4.99 Å². The summed E-state index contributed by atoms with van der Waals surface area (Å²) in [5.41, 5.74) is 0. The SMILES string of the molecule is CCNC(=NCC(O)c1cc2ccccc2s1)NCCC(=O)N1CCCC1.I. The zero-order valence-corrected chi connectivity index (χ0v) is 19.3. The van der Waals surface area contributed by atoms with E-state index in [2.05, 4.69) is 21.7 Å². The summed E-state index contributed by atoms with van der Waals surface area (Å²) < 4.78 is 1.17. The molecule has 0 radical (unpaired) electrons. The van der Waals surface area contributed by atoms with Crippen LogP contribution in [0.4, 0.5) is 0 Å². The second-order valence-corrected chi connectivity index (χ2v) is 7.80. The standard InChI is InChI=1S/C20H28N4O2S.HI/c1-2-21-20(22-10-9-19(26)24-11-5-6-12-24)23-14-16(25)18-13-15-7-3-4-8-17(15)27-18;/h3-4,7-8,13,16,25H,2,5-6,9-12,14H2,1H3,(H2,21,22,23);1H. The first-order valence-corrected chi connectivity index (χ1v) is 10.5. The van der Waals surface area contributed by atoms with Gasteiger partial charge in [0.05, 0.1) is 6.54 Å². The Morgan fingerprint density at radius 1 is 1.29 bits per heavy atom. The van der Waals surface area contributed by atoms with Gasteiger partial charge in [-0.25, -0.2) is 0 Å². The number of hydrogen-bond acceptors (Lipinski definition) is 4. The van der Waals surface area contributed by atoms with Crippen LogP contribution in [0.5, 0.6) is 0 Å². The molecule has 1 fully saturated rings. The topological polar surface area (TPSA) is 77.0 Å². The van der Waals surface area contributed by atoms with Gasteiger partial charge in [0.15, 0.2) is 5.96 Å². The van der Waals surface area contributed by atoms with Crippen molar-refractivity contribution in [2.75, 3.05) is 32.7 Å². The predicted molar refractivity (Wildman–Crippen MR) is 127 cm³/mol. The summed E-state index contributed by atoms with van der Waals surface area (Å²) in [6.07, 6.45) is 2.05. The number of halogens is 1. The van der Waals surface area contributed by atoms with Crippen molar-refractivity contribution in [3.8, 4) is 0 Å². The number of aliphatic hydroxyl groups is 1. The van der Waals surface area contributed by atoms with Crippen molar-refractivity contribution < 1.29 is 9.90 Å². The van der Waals surface area contributed by atoms with E-state index in [1.165, 1.54) is 4.70 Å². The molecule has 1 saturated heterocycles. The van der Waals surface area contributed by atoms with Gasteiger partial charge in [0.25, 0.3) is 0 Å². The van der Waals surface area contributed by atoms with Gasteiger partial charge in [-0.2, -0.15) is 0 Å². The molecule has 1 aromatic heterocycles. The lowest BCUT2D eigenvalue weighted by molar-refractivity contribution is -0.129. The predicted octanol–water partition coefficient (Wildman–Crippen LogP) is 3.12. The maximum atomic E-state index is 12.1. The van der Waals surface area contributed by atoms with E-state index in [4.69, 9.17) is 0 Å². The fourth-order valence-electron chi connectivity index (χ4n) is 3.19. The molecule has 0 aliphatic carbocycles. The minimum Gasteiger partial charge on any atom is -0.386 e. The van der Waals surface area contributed by atoms with E-state index >= 15 is 0 Å². The van der Waals surface area contributed by atoms with Crippen LogP contribution in [0, 0.1) is 0 Å². The van der Waals surface area contributed by atoms with Crippen LogP contribution >= 0.6 is 35.3 Å². The maximum absolute atomic E-state index is 12.1. The number of aliphatic imine (C=N–C) groups is 1. The van der Waals surface area contributed by atoms with Crippen LogP contribution in [0.1, 0.15) is 37.2 Å². The number of rotatable bonds is 7. The monoisotopic (exact) mass is 516 g/mol. The first-order chi connectivity index (χ1) is 13.2. The second kappa shape index (κ2) is 11.6. The van der Waals surface area contributed by atoms with Crippen LogP contribution in [0.15, 0.2) is 35.3 Å². The molecular formula is C20H29IN4O2S. The van der Waals surface area contributed by atoms with Gasteiger partial charge in [-0.1, -0.05) is 18.2 Å². The zero-order chi connectivity index (χ0) is 19.1. The molecule has 1 aliphatic rings. The van der Waals surface area contributed by atoms with Crippen LogP contribution < -0.4 is 10.6 Å². The maximum Gasteiger partial charge on any atom is 0.224 e. The van der Waals surface area contributed by atoms with E-state index in [0.29, 0.717) is 18.9 Å². The molecule has 1 atom stereocenters. The van der Waals surface area contributed by atoms with E-state index in [1.807, 2.05) is 36.1 Å². The van der Waals surface area contributed by atoms with Crippen molar-refractivity contribution in [3.05, 3.63) is 35.2 Å². The molecule has 154 valence electrons. The third kappa shape index (κ3) is 6.31. The van der Waals surface area contributed by atoms with Gasteiger partial charge in [0, 0.05) is 42.2 Å². The smallest absolute Gasteiger partial charge is 0.224 e. The first kappa shape index (κ1) is 22.9. The van der Waals surface area contributed by atoms with Crippen LogP contribution in [0.3, 0.4) is 0 Å². The van der Waals surface area contributed by atoms with E-state index in [9.17, 15) is 9.90 Å². The molecule has 1 amide bonds. The number of hydrogen-bond donors (Lipinski definition) is 3. The van der Waals surface area contributed by atoms with Gasteiger partial charge in [0.1, 0.15) is 6.10 Å². The normalized spacial score (nSPS) is 15.4. The summed E-state index contributed by atoms with van der Waals surface area (Å²) in [5.74, 6) is 0.827. The number of aliphatic hydroxyl groups excluding tert-OH is 1. The van der Waals surface area contributed by atoms with Crippen molar-refractivity contribution in [1.82, 2.24) is 15.5 Å². The van der Waals surface area contributed by atoms with Crippen molar-refractivity contribution in [2.45, 2.75) is 32.3 Å². The van der Waals surface area contributed by atoms with Gasteiger partial charge < -0.3 is 20.6 Å². The Balaban J connectivity index is 0.00000280. The Kier molecular flexibility index (Phi) is 9.46. The Morgan fingerprint density at radius 2 is 2.04 bits per heavy atom. The largest absolute Gasteiger partial charge is 0.386 e. The highest BCUT2D eigenvalue weighted by molar-refractivity contribution is 14.0. The molecule has 1 aliphatic heterocycles. The highest BCUT2D eigenvalue weighted by Crippen LogP contribution is 2.29. The molecular weight excluding hydrogens is 487 g/mol. The van der Waals surface area contributed by atoms with Gasteiger partial charge in [-0.15, -0.1) is 35.3 Å². The average molecular weight is 516 g/mol. The van der Waals surface area contributed by atoms with E-state index < -0.39 is 6.10 Å². The lowest BCUT2D eigenvalue weighted by Crippen LogP contribution is -2.40. The minimum absolute atomic E-state index is 0. The number of guanidine groups is 1. The molecule has 2 aromatic rings. The molecule has 3 rings (SSSR count). The van der Waals surface area contributed by atoms with Gasteiger partial charge in [-0.05, 0) is 37.3 Å². The molecule has 0 saturated carbocycles. The zero-order valence-electron chi connectivity index (χ0n) is 16.2. The molecule has 6 nitrogen and oxygen atoms in total. The lowest BCUT2D eigenvalue weighted by atomic mass is 10.2. The third-order valence-corrected chi connectivity index (χ3v) is 5.85. The highest BCUT2D eigenvalue weighted by Gasteiger charge is 2.17. The van der Waals surface area contributed by atoms with Crippen LogP contribution in [-0.2, 0) is 4.79 Å². The van der Waals surface area contributed by atoms with Crippen molar-refractivity contribution >= 4 is 57.3 Å². The number of nitrogens with zero attached hydrogens (tertiary/aromatic N) is 2. The van der Waals surface area contributed by atoms with Crippen LogP contribution in [0.25, 0.3) is 10.1 Å². The summed E-state index contributed by atoms with van der Waals surface area (Å²) in [4.78, 5) is 19.4. The van der Waals surface area contributed by atoms with Gasteiger partial charge >= 0.3 is 0 Å². The number of carbonyl (C=O) groups excluding carboxylic acids is 1. The number of carbonyl (C=O) groups is 1. The molecule has 2 heterocycles. The Hall–Kier alpha value is -1.39. The quantitative estimate of drug-likeness (QED) is 0.300. The number of likely N-dealkylation sites (tertiary alicyclic amines) is 1. The first-order valence-electron chi connectivity index (χ1n) is 9.64. The van der Waals surface area contributed by atoms with Crippen molar-refractivity contribution in [1.29, 1.82) is 0 Å². The molecule has 1 aromatic carbocycles. The highest BCUT2D eigenvalue weighted by atomic mass is 127. The summed E-state index contributed by atoms with van der Waals surface area (Å²) in [6.45, 7) is 5.31. The van der Waals surface area contributed by atoms with Gasteiger partial charge in [-0.3, -0.25) is 9.79 Å². The number of amides is 1. The molecule has 0 bridgehead atoms. The van der Waals surface area contributed by atoms with E-state index in [0.717, 1.165) is 42.7 Å². The Morgan fingerprint density at radius 3 is 2.75 bits per heavy atom. The van der Waals surface area contributed by atoms with E-state index in [1.54, 1.807) is 11.3 Å². The van der Waals surface area contributed by atoms with Gasteiger partial charge in [0.2, 0.25) is 5.91 Å². The summed E-state index contributed by atoms with van der Waals surface area (Å²) in [6, 6.07) is 10.1. The second-order valence-electron chi connectivity index (χ2n) is 6.69. The molecule has 1 unspecified atom stereocenters. The fourth-order valence-corrected chi connectivity index (χ4v) is 4.23. The Bertz CT molecular complexity index is 756. The third-order valence-electron chi connectivity index (χ3n) is 4.63. The molecule has 8 heteroatoms. The Labute approximate surface area is 187 Å². The van der Waals surface area contributed by atoms with E-state index in [-0.39, 0.29) is 36.4 Å². The number of nitrogens with one attached hydrogen (secondary N) is 2. The number of benzene rings is 1. The average Bonchev–Trinajstić information content (AvgIpc) is 3.35. The minimum atomic E-state index is -0.635. The number of fused-ring (bicyclic) bond motifs is 1. The summed E-state index contributed by atoms with van der Waals surface area (Å²) in [7, 11) is 0. The van der Waals surface area contributed by atoms with Crippen LogP contribution in [0.2, 0.25) is 0 Å². The van der Waals surface area contributed by atoms with Crippen molar-refractivity contribution in [3.63, 3.8) is 0 Å². The molecule has 0 spiro atoms.